The molecule has 4 nitrogen and oxygen atoms in total. The van der Waals surface area contributed by atoms with Gasteiger partial charge in [-0.3, -0.25) is 0 Å². The molecule has 9 heteroatoms. The molecular weight excluding hydrogens is 313 g/mol. The smallest absolute Gasteiger partial charge is 0.404 e. The lowest BCUT2D eigenvalue weighted by Crippen LogP contribution is -2.42. The Bertz CT molecular complexity index is 565. The molecule has 0 radical (unpaired) electrons. The fourth-order valence-electron chi connectivity index (χ4n) is 1.50. The normalized spacial score (nSPS) is 13.4. The van der Waals surface area contributed by atoms with E-state index in [1.807, 2.05) is 5.32 Å². The first kappa shape index (κ1) is 17.9. The summed E-state index contributed by atoms with van der Waals surface area (Å²) in [5.74, 6) is -13.5. The van der Waals surface area contributed by atoms with Crippen molar-refractivity contribution in [1.82, 2.24) is 5.32 Å². The number of ether oxygens (including phenoxy) is 1. The van der Waals surface area contributed by atoms with E-state index in [4.69, 9.17) is 0 Å². The van der Waals surface area contributed by atoms with Gasteiger partial charge in [0.1, 0.15) is 6.29 Å². The zero-order chi connectivity index (χ0) is 17.0. The number of halogens is 5. The zero-order valence-corrected chi connectivity index (χ0v) is 11.6. The number of benzene rings is 1. The Balaban J connectivity index is 3.01. The van der Waals surface area contributed by atoms with Gasteiger partial charge in [-0.05, 0) is 5.92 Å². The fourth-order valence-corrected chi connectivity index (χ4v) is 1.50. The van der Waals surface area contributed by atoms with Crippen LogP contribution in [0.4, 0.5) is 26.7 Å². The van der Waals surface area contributed by atoms with Crippen LogP contribution in [0, 0.1) is 35.0 Å². The van der Waals surface area contributed by atoms with Gasteiger partial charge in [-0.15, -0.1) is 0 Å². The molecule has 0 aliphatic rings. The molecule has 1 amide bonds. The molecule has 0 aliphatic carbocycles. The van der Waals surface area contributed by atoms with Gasteiger partial charge >= 0.3 is 6.09 Å². The van der Waals surface area contributed by atoms with Crippen molar-refractivity contribution in [3.05, 3.63) is 29.1 Å². The predicted molar refractivity (Wildman–Crippen MR) is 64.7 cm³/mol. The van der Waals surface area contributed by atoms with E-state index in [0.717, 1.165) is 0 Å². The summed E-state index contributed by atoms with van der Waals surface area (Å²) in [6.45, 7) is 3.33. The Hall–Kier alpha value is -2.19. The lowest BCUT2D eigenvalue weighted by atomic mass is 10.0. The van der Waals surface area contributed by atoms with E-state index in [0.29, 0.717) is 12.7 Å². The summed E-state index contributed by atoms with van der Waals surface area (Å²) in [5.41, 5.74) is 0. The van der Waals surface area contributed by atoms with Crippen LogP contribution in [0.15, 0.2) is 0 Å². The summed E-state index contributed by atoms with van der Waals surface area (Å²) in [6.07, 6.45) is -0.652. The van der Waals surface area contributed by atoms with Gasteiger partial charge in [-0.1, -0.05) is 20.3 Å². The minimum atomic E-state index is -2.37. The van der Waals surface area contributed by atoms with Crippen molar-refractivity contribution in [2.75, 3.05) is 0 Å². The molecule has 0 heterocycles. The van der Waals surface area contributed by atoms with Gasteiger partial charge < -0.3 is 14.8 Å². The second-order valence-corrected chi connectivity index (χ2v) is 4.48. The van der Waals surface area contributed by atoms with Crippen LogP contribution < -0.4 is 10.1 Å². The van der Waals surface area contributed by atoms with Crippen molar-refractivity contribution < 1.29 is 36.3 Å². The summed E-state index contributed by atoms with van der Waals surface area (Å²) in [6, 6.07) is -1.03. The standard InChI is InChI=1S/C13H12F5NO3/c1-3-5(2)6(4-20)19-13(21)22-12-10(17)8(15)7(14)9(16)11(12)18/h4-6H,3H2,1-2H3,(H,19,21)/t5-,6+/m0/s1. The maximum atomic E-state index is 13.3. The molecule has 1 N–H and O–H groups in total. The minimum Gasteiger partial charge on any atom is -0.404 e. The zero-order valence-electron chi connectivity index (χ0n) is 11.6. The lowest BCUT2D eigenvalue weighted by Gasteiger charge is -2.18. The Morgan fingerprint density at radius 3 is 1.95 bits per heavy atom. The van der Waals surface area contributed by atoms with Gasteiger partial charge in [0, 0.05) is 0 Å². The molecule has 0 spiro atoms. The lowest BCUT2D eigenvalue weighted by molar-refractivity contribution is -0.110. The van der Waals surface area contributed by atoms with Gasteiger partial charge in [0.25, 0.3) is 0 Å². The first-order valence-electron chi connectivity index (χ1n) is 6.19. The second-order valence-electron chi connectivity index (χ2n) is 4.48. The average molecular weight is 325 g/mol. The molecule has 0 aromatic heterocycles. The van der Waals surface area contributed by atoms with Crippen LogP contribution in [0.5, 0.6) is 5.75 Å². The summed E-state index contributed by atoms with van der Waals surface area (Å²) < 4.78 is 69.4. The molecule has 0 saturated carbocycles. The monoisotopic (exact) mass is 325 g/mol. The maximum Gasteiger partial charge on any atom is 0.413 e. The Morgan fingerprint density at radius 2 is 1.55 bits per heavy atom. The quantitative estimate of drug-likeness (QED) is 0.392. The van der Waals surface area contributed by atoms with Crippen LogP contribution in [0.3, 0.4) is 0 Å². The number of hydrogen-bond acceptors (Lipinski definition) is 3. The predicted octanol–water partition coefficient (Wildman–Crippen LogP) is 3.08. The van der Waals surface area contributed by atoms with Crippen LogP contribution in [0.1, 0.15) is 20.3 Å². The SMILES string of the molecule is CC[C@H](C)[C@@H](C=O)NC(=O)Oc1c(F)c(F)c(F)c(F)c1F. The highest BCUT2D eigenvalue weighted by Gasteiger charge is 2.29. The van der Waals surface area contributed by atoms with Crippen LogP contribution in [-0.2, 0) is 4.79 Å². The molecule has 22 heavy (non-hydrogen) atoms. The van der Waals surface area contributed by atoms with Crippen molar-refractivity contribution in [3.8, 4) is 5.75 Å². The number of amides is 1. The van der Waals surface area contributed by atoms with E-state index in [1.165, 1.54) is 0 Å². The molecule has 1 aromatic rings. The molecule has 0 aliphatic heterocycles. The summed E-state index contributed by atoms with van der Waals surface area (Å²) in [7, 11) is 0. The van der Waals surface area contributed by atoms with Gasteiger partial charge in [0.05, 0.1) is 6.04 Å². The average Bonchev–Trinajstić information content (AvgIpc) is 2.52. The van der Waals surface area contributed by atoms with E-state index in [1.54, 1.807) is 13.8 Å². The highest BCUT2D eigenvalue weighted by molar-refractivity contribution is 5.75. The summed E-state index contributed by atoms with van der Waals surface area (Å²) >= 11 is 0. The largest absolute Gasteiger partial charge is 0.413 e. The number of carbonyl (C=O) groups excluding carboxylic acids is 2. The third kappa shape index (κ3) is 3.52. The molecule has 0 unspecified atom stereocenters. The highest BCUT2D eigenvalue weighted by Crippen LogP contribution is 2.29. The third-order valence-electron chi connectivity index (χ3n) is 3.05. The Kier molecular flexibility index (Phi) is 5.84. The number of rotatable bonds is 5. The first-order valence-corrected chi connectivity index (χ1v) is 6.19. The van der Waals surface area contributed by atoms with E-state index in [-0.39, 0.29) is 5.92 Å². The van der Waals surface area contributed by atoms with Crippen molar-refractivity contribution >= 4 is 12.4 Å². The Morgan fingerprint density at radius 1 is 1.09 bits per heavy atom. The molecular formula is C13H12F5NO3. The summed E-state index contributed by atoms with van der Waals surface area (Å²) in [4.78, 5) is 22.2. The molecule has 0 bridgehead atoms. The van der Waals surface area contributed by atoms with Crippen LogP contribution in [-0.4, -0.2) is 18.4 Å². The molecule has 1 rings (SSSR count). The molecule has 122 valence electrons. The number of aldehydes is 1. The van der Waals surface area contributed by atoms with Gasteiger partial charge in [-0.2, -0.15) is 8.78 Å². The van der Waals surface area contributed by atoms with Crippen molar-refractivity contribution in [2.45, 2.75) is 26.3 Å². The molecule has 1 aromatic carbocycles. The van der Waals surface area contributed by atoms with Crippen LogP contribution in [0.25, 0.3) is 0 Å². The molecule has 2 atom stereocenters. The highest BCUT2D eigenvalue weighted by atomic mass is 19.2. The van der Waals surface area contributed by atoms with Crippen molar-refractivity contribution in [1.29, 1.82) is 0 Å². The number of hydrogen-bond donors (Lipinski definition) is 1. The Labute approximate surface area is 122 Å². The van der Waals surface area contributed by atoms with Gasteiger partial charge in [-0.25, -0.2) is 18.0 Å². The second kappa shape index (κ2) is 7.19. The van der Waals surface area contributed by atoms with Crippen LogP contribution in [0.2, 0.25) is 0 Å². The molecule has 0 saturated heterocycles. The molecule has 0 fully saturated rings. The number of carbonyl (C=O) groups is 2. The van der Waals surface area contributed by atoms with Gasteiger partial charge in [0.15, 0.2) is 0 Å². The van der Waals surface area contributed by atoms with E-state index in [9.17, 15) is 31.5 Å². The summed E-state index contributed by atoms with van der Waals surface area (Å²) in [5, 5.41) is 1.97. The number of nitrogens with one attached hydrogen (secondary N) is 1. The minimum absolute atomic E-state index is 0.318. The van der Waals surface area contributed by atoms with E-state index in [2.05, 4.69) is 4.74 Å². The van der Waals surface area contributed by atoms with Crippen molar-refractivity contribution in [3.63, 3.8) is 0 Å². The van der Waals surface area contributed by atoms with E-state index < -0.39 is 47.0 Å². The first-order chi connectivity index (χ1) is 10.2. The van der Waals surface area contributed by atoms with E-state index >= 15 is 0 Å². The third-order valence-corrected chi connectivity index (χ3v) is 3.05. The van der Waals surface area contributed by atoms with Crippen molar-refractivity contribution in [2.24, 2.45) is 5.92 Å². The maximum absolute atomic E-state index is 13.3. The van der Waals surface area contributed by atoms with Gasteiger partial charge in [0.2, 0.25) is 34.8 Å². The topological polar surface area (TPSA) is 55.4 Å². The van der Waals surface area contributed by atoms with Crippen LogP contribution >= 0.6 is 0 Å². The fraction of sp³-hybridized carbons (Fsp3) is 0.385.